The molecular weight excluding hydrogens is 205 g/mol. The number of aromatic hydroxyl groups is 1. The molecule has 0 atom stereocenters. The summed E-state index contributed by atoms with van der Waals surface area (Å²) in [5, 5.41) is 18.1. The highest BCUT2D eigenvalue weighted by atomic mass is 35.5. The highest BCUT2D eigenvalue weighted by Gasteiger charge is 2.19. The van der Waals surface area contributed by atoms with E-state index in [9.17, 15) is 9.50 Å². The van der Waals surface area contributed by atoms with Crippen LogP contribution in [0.25, 0.3) is 0 Å². The second-order valence-corrected chi connectivity index (χ2v) is 3.66. The predicted molar refractivity (Wildman–Crippen MR) is 51.9 cm³/mol. The Morgan fingerprint density at radius 3 is 2.57 bits per heavy atom. The van der Waals surface area contributed by atoms with Gasteiger partial charge in [0, 0.05) is 5.56 Å². The minimum atomic E-state index is -0.654. The van der Waals surface area contributed by atoms with Crippen LogP contribution in [0, 0.1) is 17.1 Å². The Kier molecular flexibility index (Phi) is 2.97. The van der Waals surface area contributed by atoms with Crippen molar-refractivity contribution in [1.29, 1.82) is 5.26 Å². The van der Waals surface area contributed by atoms with Crippen LogP contribution in [0.2, 0.25) is 5.02 Å². The molecule has 0 spiro atoms. The number of hydrogen-bond donors (Lipinski definition) is 1. The average molecular weight is 214 g/mol. The topological polar surface area (TPSA) is 44.0 Å². The number of nitrogens with zero attached hydrogens (tertiary/aromatic N) is 1. The van der Waals surface area contributed by atoms with Gasteiger partial charge in [0.1, 0.15) is 17.6 Å². The second kappa shape index (κ2) is 3.85. The standard InChI is InChI=1S/C10H9ClFNO/c1-5(2)8-9(12)7(11)3-6(4-13)10(8)14/h3,5,14H,1-2H3. The van der Waals surface area contributed by atoms with Crippen LogP contribution in [-0.4, -0.2) is 5.11 Å². The summed E-state index contributed by atoms with van der Waals surface area (Å²) in [6, 6.07) is 2.88. The Hall–Kier alpha value is -1.27. The molecular formula is C10H9ClFNO. The molecule has 0 aliphatic rings. The van der Waals surface area contributed by atoms with Gasteiger partial charge in [-0.3, -0.25) is 0 Å². The van der Waals surface area contributed by atoms with E-state index in [2.05, 4.69) is 0 Å². The first kappa shape index (κ1) is 10.8. The van der Waals surface area contributed by atoms with Gasteiger partial charge in [-0.05, 0) is 12.0 Å². The second-order valence-electron chi connectivity index (χ2n) is 3.25. The summed E-state index contributed by atoms with van der Waals surface area (Å²) in [4.78, 5) is 0. The average Bonchev–Trinajstić information content (AvgIpc) is 2.11. The van der Waals surface area contributed by atoms with Gasteiger partial charge in [0.15, 0.2) is 0 Å². The maximum Gasteiger partial charge on any atom is 0.149 e. The van der Waals surface area contributed by atoms with Crippen LogP contribution < -0.4 is 0 Å². The van der Waals surface area contributed by atoms with Gasteiger partial charge in [0.2, 0.25) is 0 Å². The molecule has 1 N–H and O–H groups in total. The lowest BCUT2D eigenvalue weighted by Crippen LogP contribution is -1.97. The summed E-state index contributed by atoms with van der Waals surface area (Å²) in [5.74, 6) is -1.19. The van der Waals surface area contributed by atoms with Gasteiger partial charge in [0.05, 0.1) is 10.6 Å². The molecule has 0 saturated carbocycles. The summed E-state index contributed by atoms with van der Waals surface area (Å²) in [7, 11) is 0. The Balaban J connectivity index is 3.55. The van der Waals surface area contributed by atoms with Crippen molar-refractivity contribution >= 4 is 11.6 Å². The van der Waals surface area contributed by atoms with Crippen LogP contribution in [-0.2, 0) is 0 Å². The van der Waals surface area contributed by atoms with E-state index in [-0.39, 0.29) is 27.8 Å². The van der Waals surface area contributed by atoms with Crippen LogP contribution in [0.1, 0.15) is 30.9 Å². The van der Waals surface area contributed by atoms with Crippen LogP contribution in [0.5, 0.6) is 5.75 Å². The lowest BCUT2D eigenvalue weighted by molar-refractivity contribution is 0.452. The first-order valence-corrected chi connectivity index (χ1v) is 4.47. The molecule has 0 aliphatic heterocycles. The van der Waals surface area contributed by atoms with Crippen molar-refractivity contribution in [3.8, 4) is 11.8 Å². The third-order valence-electron chi connectivity index (χ3n) is 1.93. The summed E-state index contributed by atoms with van der Waals surface area (Å²) in [6.45, 7) is 3.44. The molecule has 0 aromatic heterocycles. The first-order chi connectivity index (χ1) is 6.49. The summed E-state index contributed by atoms with van der Waals surface area (Å²) < 4.78 is 13.4. The van der Waals surface area contributed by atoms with Gasteiger partial charge in [0.25, 0.3) is 0 Å². The normalized spacial score (nSPS) is 10.3. The smallest absolute Gasteiger partial charge is 0.149 e. The number of nitriles is 1. The molecule has 2 nitrogen and oxygen atoms in total. The van der Waals surface area contributed by atoms with Gasteiger partial charge < -0.3 is 5.11 Å². The highest BCUT2D eigenvalue weighted by molar-refractivity contribution is 6.31. The number of rotatable bonds is 1. The molecule has 1 aromatic carbocycles. The van der Waals surface area contributed by atoms with Crippen molar-refractivity contribution < 1.29 is 9.50 Å². The number of phenolic OH excluding ortho intramolecular Hbond substituents is 1. The highest BCUT2D eigenvalue weighted by Crippen LogP contribution is 2.35. The Morgan fingerprint density at radius 2 is 2.14 bits per heavy atom. The Morgan fingerprint density at radius 1 is 1.57 bits per heavy atom. The molecule has 74 valence electrons. The third kappa shape index (κ3) is 1.66. The lowest BCUT2D eigenvalue weighted by atomic mass is 9.99. The molecule has 0 amide bonds. The van der Waals surface area contributed by atoms with Gasteiger partial charge in [-0.2, -0.15) is 5.26 Å². The number of phenols is 1. The van der Waals surface area contributed by atoms with E-state index in [4.69, 9.17) is 16.9 Å². The predicted octanol–water partition coefficient (Wildman–Crippen LogP) is 3.18. The quantitative estimate of drug-likeness (QED) is 0.779. The molecule has 14 heavy (non-hydrogen) atoms. The van der Waals surface area contributed by atoms with Crippen molar-refractivity contribution in [1.82, 2.24) is 0 Å². The first-order valence-electron chi connectivity index (χ1n) is 4.10. The van der Waals surface area contributed by atoms with E-state index in [0.717, 1.165) is 6.07 Å². The Labute approximate surface area is 86.5 Å². The molecule has 0 saturated heterocycles. The number of benzene rings is 1. The van der Waals surface area contributed by atoms with E-state index < -0.39 is 5.82 Å². The van der Waals surface area contributed by atoms with Gasteiger partial charge in [-0.15, -0.1) is 0 Å². The lowest BCUT2D eigenvalue weighted by Gasteiger charge is -2.11. The molecule has 1 rings (SSSR count). The summed E-state index contributed by atoms with van der Waals surface area (Å²) in [6.07, 6.45) is 0. The van der Waals surface area contributed by atoms with Crippen LogP contribution in [0.15, 0.2) is 6.07 Å². The number of hydrogen-bond acceptors (Lipinski definition) is 2. The van der Waals surface area contributed by atoms with Crippen LogP contribution in [0.3, 0.4) is 0 Å². The van der Waals surface area contributed by atoms with Crippen molar-refractivity contribution in [3.63, 3.8) is 0 Å². The van der Waals surface area contributed by atoms with Crippen LogP contribution in [0.4, 0.5) is 4.39 Å². The maximum atomic E-state index is 13.4. The van der Waals surface area contributed by atoms with Gasteiger partial charge in [-0.1, -0.05) is 25.4 Å². The molecule has 0 fully saturated rings. The largest absolute Gasteiger partial charge is 0.506 e. The SMILES string of the molecule is CC(C)c1c(O)c(C#N)cc(Cl)c1F. The fraction of sp³-hybridized carbons (Fsp3) is 0.300. The van der Waals surface area contributed by atoms with E-state index in [1.54, 1.807) is 19.9 Å². The minimum absolute atomic E-state index is 0.0000926. The summed E-state index contributed by atoms with van der Waals surface area (Å²) in [5.41, 5.74) is 0.0918. The zero-order chi connectivity index (χ0) is 10.9. The van der Waals surface area contributed by atoms with Gasteiger partial charge >= 0.3 is 0 Å². The minimum Gasteiger partial charge on any atom is -0.506 e. The zero-order valence-electron chi connectivity index (χ0n) is 7.81. The van der Waals surface area contributed by atoms with Crippen molar-refractivity contribution in [3.05, 3.63) is 28.0 Å². The van der Waals surface area contributed by atoms with Crippen molar-refractivity contribution in [2.45, 2.75) is 19.8 Å². The van der Waals surface area contributed by atoms with Crippen LogP contribution >= 0.6 is 11.6 Å². The molecule has 0 radical (unpaired) electrons. The fourth-order valence-electron chi connectivity index (χ4n) is 1.25. The molecule has 1 aromatic rings. The fourth-order valence-corrected chi connectivity index (χ4v) is 1.46. The van der Waals surface area contributed by atoms with Crippen molar-refractivity contribution in [2.75, 3.05) is 0 Å². The van der Waals surface area contributed by atoms with Gasteiger partial charge in [-0.25, -0.2) is 4.39 Å². The molecule has 0 unspecified atom stereocenters. The Bertz CT molecular complexity index is 410. The monoisotopic (exact) mass is 213 g/mol. The van der Waals surface area contributed by atoms with E-state index in [1.165, 1.54) is 0 Å². The van der Waals surface area contributed by atoms with Crippen molar-refractivity contribution in [2.24, 2.45) is 0 Å². The molecule has 0 aliphatic carbocycles. The van der Waals surface area contributed by atoms with E-state index >= 15 is 0 Å². The third-order valence-corrected chi connectivity index (χ3v) is 2.20. The van der Waals surface area contributed by atoms with E-state index in [0.29, 0.717) is 0 Å². The van der Waals surface area contributed by atoms with E-state index in [1.807, 2.05) is 0 Å². The molecule has 4 heteroatoms. The number of halogens is 2. The molecule has 0 heterocycles. The zero-order valence-corrected chi connectivity index (χ0v) is 8.56. The molecule has 0 bridgehead atoms. The maximum absolute atomic E-state index is 13.4. The summed E-state index contributed by atoms with van der Waals surface area (Å²) >= 11 is 5.58.